The van der Waals surface area contributed by atoms with E-state index in [4.69, 9.17) is 20.4 Å². The lowest BCUT2D eigenvalue weighted by molar-refractivity contribution is 0.0996. The van der Waals surface area contributed by atoms with Crippen LogP contribution in [-0.4, -0.2) is 11.8 Å². The van der Waals surface area contributed by atoms with E-state index in [0.29, 0.717) is 32.6 Å². The van der Waals surface area contributed by atoms with Crippen molar-refractivity contribution in [2.75, 3.05) is 10.6 Å². The second kappa shape index (κ2) is 8.77. The lowest BCUT2D eigenvalue weighted by Crippen LogP contribution is -2.18. The zero-order chi connectivity index (χ0) is 24.7. The van der Waals surface area contributed by atoms with Gasteiger partial charge in [-0.05, 0) is 61.4 Å². The normalized spacial score (nSPS) is 11.1. The highest BCUT2D eigenvalue weighted by Gasteiger charge is 2.24. The van der Waals surface area contributed by atoms with Gasteiger partial charge in [-0.15, -0.1) is 0 Å². The second-order valence-electron chi connectivity index (χ2n) is 8.15. The van der Waals surface area contributed by atoms with Crippen molar-refractivity contribution in [3.8, 4) is 0 Å². The van der Waals surface area contributed by atoms with E-state index in [9.17, 15) is 14.4 Å². The van der Waals surface area contributed by atoms with Gasteiger partial charge in [0.15, 0.2) is 11.2 Å². The van der Waals surface area contributed by atoms with Gasteiger partial charge in [0.25, 0.3) is 11.8 Å². The lowest BCUT2D eigenvalue weighted by atomic mass is 10.1. The Bertz CT molecular complexity index is 1700. The first-order chi connectivity index (χ1) is 16.8. The fourth-order valence-electron chi connectivity index (χ4n) is 3.98. The van der Waals surface area contributed by atoms with Crippen molar-refractivity contribution < 1.29 is 18.4 Å². The van der Waals surface area contributed by atoms with Gasteiger partial charge in [0.05, 0.1) is 5.39 Å². The number of aryl methyl sites for hydroxylation is 2. The standard InChI is InChI=1S/C27H19ClN2O5/c1-14-10-15(2)24-19(11-14)20(31)13-22(35-24)26(32)30-23-18-8-3-4-9-21(18)34-25(23)27(33)29-17-7-5-6-16(28)12-17/h3-13H,1-2H3,(H,29,33)(H,30,32). The van der Waals surface area contributed by atoms with E-state index in [0.717, 1.165) is 17.2 Å². The third kappa shape index (κ3) is 4.29. The minimum Gasteiger partial charge on any atom is -0.450 e. The number of hydrogen-bond acceptors (Lipinski definition) is 5. The first-order valence-corrected chi connectivity index (χ1v) is 11.1. The molecule has 0 saturated carbocycles. The van der Waals surface area contributed by atoms with Crippen molar-refractivity contribution >= 4 is 56.7 Å². The summed E-state index contributed by atoms with van der Waals surface area (Å²) < 4.78 is 11.6. The quantitative estimate of drug-likeness (QED) is 0.310. The molecule has 0 aliphatic rings. The SMILES string of the molecule is Cc1cc(C)c2oc(C(=O)Nc3c(C(=O)Nc4cccc(Cl)c4)oc4ccccc34)cc(=O)c2c1. The van der Waals surface area contributed by atoms with E-state index in [1.54, 1.807) is 54.6 Å². The van der Waals surface area contributed by atoms with Gasteiger partial charge in [-0.25, -0.2) is 0 Å². The molecular weight excluding hydrogens is 468 g/mol. The van der Waals surface area contributed by atoms with Crippen LogP contribution in [0.3, 0.4) is 0 Å². The van der Waals surface area contributed by atoms with Crippen molar-refractivity contribution in [3.63, 3.8) is 0 Å². The zero-order valence-electron chi connectivity index (χ0n) is 18.8. The Labute approximate surface area is 204 Å². The van der Waals surface area contributed by atoms with Gasteiger partial charge in [0, 0.05) is 22.2 Å². The maximum Gasteiger partial charge on any atom is 0.293 e. The lowest BCUT2D eigenvalue weighted by Gasteiger charge is -2.09. The number of para-hydroxylation sites is 1. The second-order valence-corrected chi connectivity index (χ2v) is 8.59. The van der Waals surface area contributed by atoms with Crippen LogP contribution in [0.2, 0.25) is 5.02 Å². The Balaban J connectivity index is 1.54. The van der Waals surface area contributed by atoms with Gasteiger partial charge in [0.1, 0.15) is 16.9 Å². The van der Waals surface area contributed by atoms with Crippen molar-refractivity contribution in [2.45, 2.75) is 13.8 Å². The first kappa shape index (κ1) is 22.4. The minimum atomic E-state index is -0.688. The van der Waals surface area contributed by atoms with Gasteiger partial charge in [-0.2, -0.15) is 0 Å². The van der Waals surface area contributed by atoms with E-state index in [1.165, 1.54) is 0 Å². The highest BCUT2D eigenvalue weighted by molar-refractivity contribution is 6.31. The Morgan fingerprint density at radius 3 is 2.43 bits per heavy atom. The predicted octanol–water partition coefficient (Wildman–Crippen LogP) is 6.31. The average molecular weight is 487 g/mol. The number of nitrogens with one attached hydrogen (secondary N) is 2. The molecule has 0 unspecified atom stereocenters. The van der Waals surface area contributed by atoms with Gasteiger partial charge >= 0.3 is 0 Å². The first-order valence-electron chi connectivity index (χ1n) is 10.7. The summed E-state index contributed by atoms with van der Waals surface area (Å²) >= 11 is 6.01. The molecule has 8 heteroatoms. The third-order valence-electron chi connectivity index (χ3n) is 5.51. The summed E-state index contributed by atoms with van der Waals surface area (Å²) in [6.45, 7) is 3.69. The summed E-state index contributed by atoms with van der Waals surface area (Å²) in [5.41, 5.74) is 2.69. The molecule has 0 bridgehead atoms. The smallest absolute Gasteiger partial charge is 0.293 e. The molecule has 2 aromatic heterocycles. The maximum atomic E-state index is 13.2. The highest BCUT2D eigenvalue weighted by atomic mass is 35.5. The summed E-state index contributed by atoms with van der Waals surface area (Å²) in [4.78, 5) is 38.9. The molecule has 2 N–H and O–H groups in total. The number of hydrogen-bond donors (Lipinski definition) is 2. The fraction of sp³-hybridized carbons (Fsp3) is 0.0741. The van der Waals surface area contributed by atoms with E-state index in [1.807, 2.05) is 19.9 Å². The number of fused-ring (bicyclic) bond motifs is 2. The number of anilines is 2. The van der Waals surface area contributed by atoms with Gasteiger partial charge in [-0.3, -0.25) is 14.4 Å². The number of carbonyl (C=O) groups excluding carboxylic acids is 2. The molecule has 7 nitrogen and oxygen atoms in total. The Hall–Kier alpha value is -4.36. The molecule has 0 fully saturated rings. The van der Waals surface area contributed by atoms with Crippen LogP contribution in [0.5, 0.6) is 0 Å². The van der Waals surface area contributed by atoms with Crippen LogP contribution in [0.25, 0.3) is 21.9 Å². The average Bonchev–Trinajstić information content (AvgIpc) is 3.18. The van der Waals surface area contributed by atoms with Gasteiger partial charge < -0.3 is 19.5 Å². The highest BCUT2D eigenvalue weighted by Crippen LogP contribution is 2.32. The van der Waals surface area contributed by atoms with Crippen LogP contribution in [0, 0.1) is 13.8 Å². The number of amides is 2. The topological polar surface area (TPSA) is 102 Å². The number of benzene rings is 3. The summed E-state index contributed by atoms with van der Waals surface area (Å²) in [5, 5.41) is 6.79. The molecule has 2 amide bonds. The number of carbonyl (C=O) groups is 2. The molecule has 35 heavy (non-hydrogen) atoms. The maximum absolute atomic E-state index is 13.2. The summed E-state index contributed by atoms with van der Waals surface area (Å²) in [6, 6.07) is 18.3. The van der Waals surface area contributed by atoms with Crippen molar-refractivity contribution in [2.24, 2.45) is 0 Å². The van der Waals surface area contributed by atoms with Gasteiger partial charge in [0.2, 0.25) is 5.76 Å². The fourth-order valence-corrected chi connectivity index (χ4v) is 4.17. The Morgan fingerprint density at radius 2 is 1.63 bits per heavy atom. The van der Waals surface area contributed by atoms with Crippen LogP contribution >= 0.6 is 11.6 Å². The summed E-state index contributed by atoms with van der Waals surface area (Å²) in [7, 11) is 0. The monoisotopic (exact) mass is 486 g/mol. The van der Waals surface area contributed by atoms with Crippen molar-refractivity contribution in [3.05, 3.63) is 105 Å². The number of rotatable bonds is 4. The molecule has 0 spiro atoms. The van der Waals surface area contributed by atoms with Crippen LogP contribution in [0.15, 0.2) is 80.4 Å². The zero-order valence-corrected chi connectivity index (χ0v) is 19.5. The molecule has 0 atom stereocenters. The van der Waals surface area contributed by atoms with E-state index < -0.39 is 11.8 Å². The molecule has 2 heterocycles. The molecule has 5 rings (SSSR count). The summed E-state index contributed by atoms with van der Waals surface area (Å²) in [6.07, 6.45) is 0. The van der Waals surface area contributed by atoms with Crippen molar-refractivity contribution in [1.82, 2.24) is 0 Å². The predicted molar refractivity (Wildman–Crippen MR) is 136 cm³/mol. The third-order valence-corrected chi connectivity index (χ3v) is 5.74. The van der Waals surface area contributed by atoms with Gasteiger partial charge in [-0.1, -0.05) is 35.9 Å². The Morgan fingerprint density at radius 1 is 0.829 bits per heavy atom. The van der Waals surface area contributed by atoms with Crippen LogP contribution in [-0.2, 0) is 0 Å². The molecule has 3 aromatic carbocycles. The van der Waals surface area contributed by atoms with Crippen LogP contribution in [0.1, 0.15) is 32.2 Å². The molecule has 0 radical (unpaired) electrons. The molecule has 0 saturated heterocycles. The van der Waals surface area contributed by atoms with E-state index in [-0.39, 0.29) is 22.6 Å². The Kier molecular flexibility index (Phi) is 5.62. The van der Waals surface area contributed by atoms with Crippen LogP contribution < -0.4 is 16.1 Å². The number of furan rings is 1. The van der Waals surface area contributed by atoms with Crippen LogP contribution in [0.4, 0.5) is 11.4 Å². The van der Waals surface area contributed by atoms with Crippen molar-refractivity contribution in [1.29, 1.82) is 0 Å². The molecular formula is C27H19ClN2O5. The largest absolute Gasteiger partial charge is 0.450 e. The molecule has 5 aromatic rings. The number of halogens is 1. The molecule has 0 aliphatic carbocycles. The molecule has 0 aliphatic heterocycles. The minimum absolute atomic E-state index is 0.102. The van der Waals surface area contributed by atoms with E-state index in [2.05, 4.69) is 10.6 Å². The van der Waals surface area contributed by atoms with E-state index >= 15 is 0 Å². The summed E-state index contributed by atoms with van der Waals surface area (Å²) in [5.74, 6) is -1.55. The molecule has 174 valence electrons.